The summed E-state index contributed by atoms with van der Waals surface area (Å²) < 4.78 is 39.9. The van der Waals surface area contributed by atoms with E-state index in [9.17, 15) is 22.8 Å². The number of halogens is 3. The smallest absolute Gasteiger partial charge is 0.338 e. The number of amides is 2. The van der Waals surface area contributed by atoms with Crippen molar-refractivity contribution >= 4 is 17.5 Å². The van der Waals surface area contributed by atoms with E-state index in [1.54, 1.807) is 0 Å². The molecule has 2 amide bonds. The van der Waals surface area contributed by atoms with Crippen molar-refractivity contribution in [2.75, 3.05) is 31.1 Å². The van der Waals surface area contributed by atoms with Gasteiger partial charge in [-0.2, -0.15) is 13.2 Å². The minimum Gasteiger partial charge on any atom is -0.338 e. The lowest BCUT2D eigenvalue weighted by molar-refractivity contribution is -0.137. The van der Waals surface area contributed by atoms with Crippen LogP contribution < -0.4 is 10.6 Å². The van der Waals surface area contributed by atoms with Crippen LogP contribution >= 0.6 is 0 Å². The molecule has 2 fully saturated rings. The van der Waals surface area contributed by atoms with Crippen molar-refractivity contribution < 1.29 is 22.8 Å². The van der Waals surface area contributed by atoms with Gasteiger partial charge in [-0.1, -0.05) is 6.92 Å². The fourth-order valence-electron chi connectivity index (χ4n) is 3.52. The highest BCUT2D eigenvalue weighted by molar-refractivity contribution is 5.99. The van der Waals surface area contributed by atoms with Crippen molar-refractivity contribution in [3.05, 3.63) is 29.3 Å². The van der Waals surface area contributed by atoms with Crippen molar-refractivity contribution in [2.24, 2.45) is 11.1 Å². The van der Waals surface area contributed by atoms with Gasteiger partial charge < -0.3 is 15.5 Å². The first-order chi connectivity index (χ1) is 12.1. The fourth-order valence-corrected chi connectivity index (χ4v) is 3.52. The Kier molecular flexibility index (Phi) is 4.72. The maximum absolute atomic E-state index is 13.3. The summed E-state index contributed by atoms with van der Waals surface area (Å²) in [5, 5.41) is 0. The van der Waals surface area contributed by atoms with Crippen LogP contribution in [0.4, 0.5) is 18.9 Å². The summed E-state index contributed by atoms with van der Waals surface area (Å²) in [7, 11) is 0. The number of benzene rings is 1. The van der Waals surface area contributed by atoms with Gasteiger partial charge in [-0.3, -0.25) is 9.59 Å². The van der Waals surface area contributed by atoms with Crippen LogP contribution in [0.25, 0.3) is 0 Å². The van der Waals surface area contributed by atoms with Crippen LogP contribution in [-0.2, 0) is 11.0 Å². The van der Waals surface area contributed by atoms with Crippen molar-refractivity contribution in [1.82, 2.24) is 4.90 Å². The number of anilines is 1. The first-order valence-electron chi connectivity index (χ1n) is 8.65. The number of nitrogens with zero attached hydrogens (tertiary/aromatic N) is 2. The number of carbonyl (C=O) groups is 2. The maximum atomic E-state index is 13.3. The zero-order chi connectivity index (χ0) is 19.1. The second-order valence-electron chi connectivity index (χ2n) is 7.41. The number of carbonyl (C=O) groups excluding carboxylic acids is 2. The lowest BCUT2D eigenvalue weighted by Gasteiger charge is -2.24. The highest BCUT2D eigenvalue weighted by Crippen LogP contribution is 2.35. The highest BCUT2D eigenvalue weighted by Gasteiger charge is 2.37. The maximum Gasteiger partial charge on any atom is 0.416 e. The Bertz CT molecular complexity index is 735. The molecule has 2 aliphatic rings. The van der Waals surface area contributed by atoms with Crippen LogP contribution in [0, 0.1) is 5.41 Å². The Balaban J connectivity index is 1.95. The number of likely N-dealkylation sites (tertiary alicyclic amines) is 1. The molecule has 5 nitrogen and oxygen atoms in total. The van der Waals surface area contributed by atoms with Crippen LogP contribution in [-0.4, -0.2) is 42.9 Å². The number of rotatable bonds is 3. The molecule has 2 aliphatic heterocycles. The predicted molar refractivity (Wildman–Crippen MR) is 90.7 cm³/mol. The molecule has 1 unspecified atom stereocenters. The molecule has 8 heteroatoms. The Morgan fingerprint density at radius 1 is 1.27 bits per heavy atom. The van der Waals surface area contributed by atoms with Crippen LogP contribution in [0.15, 0.2) is 18.2 Å². The molecule has 1 atom stereocenters. The van der Waals surface area contributed by atoms with Crippen molar-refractivity contribution in [3.8, 4) is 0 Å². The Morgan fingerprint density at radius 2 is 2.00 bits per heavy atom. The summed E-state index contributed by atoms with van der Waals surface area (Å²) in [5.74, 6) is -0.680. The summed E-state index contributed by atoms with van der Waals surface area (Å²) in [5.41, 5.74) is 4.69. The van der Waals surface area contributed by atoms with E-state index in [1.807, 2.05) is 6.92 Å². The highest BCUT2D eigenvalue weighted by atomic mass is 19.4. The van der Waals surface area contributed by atoms with Crippen LogP contribution in [0.5, 0.6) is 0 Å². The van der Waals surface area contributed by atoms with E-state index in [4.69, 9.17) is 5.73 Å². The molecule has 2 saturated heterocycles. The van der Waals surface area contributed by atoms with Gasteiger partial charge in [-0.15, -0.1) is 0 Å². The molecule has 26 heavy (non-hydrogen) atoms. The second kappa shape index (κ2) is 6.57. The van der Waals surface area contributed by atoms with E-state index in [0.29, 0.717) is 45.4 Å². The normalized spacial score (nSPS) is 23.8. The molecule has 3 rings (SSSR count). The summed E-state index contributed by atoms with van der Waals surface area (Å²) in [6, 6.07) is 3.19. The molecule has 2 heterocycles. The molecule has 1 aromatic carbocycles. The van der Waals surface area contributed by atoms with E-state index >= 15 is 0 Å². The van der Waals surface area contributed by atoms with Gasteiger partial charge in [0.1, 0.15) is 0 Å². The van der Waals surface area contributed by atoms with Crippen molar-refractivity contribution in [1.29, 1.82) is 0 Å². The van der Waals surface area contributed by atoms with Crippen molar-refractivity contribution in [2.45, 2.75) is 32.4 Å². The first kappa shape index (κ1) is 18.7. The largest absolute Gasteiger partial charge is 0.416 e. The molecular formula is C18H22F3N3O2. The molecule has 0 saturated carbocycles. The predicted octanol–water partition coefficient (Wildman–Crippen LogP) is 2.64. The SMILES string of the molecule is CC1(CN)CCN(C(=O)c2cc(N3CCCC3=O)cc(C(F)(F)F)c2)C1. The quantitative estimate of drug-likeness (QED) is 0.891. The van der Waals surface area contributed by atoms with E-state index in [-0.39, 0.29) is 22.6 Å². The summed E-state index contributed by atoms with van der Waals surface area (Å²) in [6.45, 7) is 3.60. The molecule has 2 N–H and O–H groups in total. The Labute approximate surface area is 149 Å². The number of hydrogen-bond acceptors (Lipinski definition) is 3. The standard InChI is InChI=1S/C18H22F3N3O2/c1-17(10-22)4-6-23(11-17)16(26)12-7-13(18(19,20)21)9-14(8-12)24-5-2-3-15(24)25/h7-9H,2-6,10-11,22H2,1H3. The molecular weight excluding hydrogens is 347 g/mol. The van der Waals surface area contributed by atoms with Crippen LogP contribution in [0.2, 0.25) is 0 Å². The minimum absolute atomic E-state index is 0.0456. The van der Waals surface area contributed by atoms with Gasteiger partial charge in [-0.25, -0.2) is 0 Å². The van der Waals surface area contributed by atoms with Gasteiger partial charge in [0.25, 0.3) is 5.91 Å². The summed E-state index contributed by atoms with van der Waals surface area (Å²) in [6.07, 6.45) is -2.98. The zero-order valence-electron chi connectivity index (χ0n) is 14.6. The third-order valence-corrected chi connectivity index (χ3v) is 5.22. The zero-order valence-corrected chi connectivity index (χ0v) is 14.6. The van der Waals surface area contributed by atoms with E-state index in [0.717, 1.165) is 12.1 Å². The lowest BCUT2D eigenvalue weighted by Crippen LogP contribution is -2.34. The lowest BCUT2D eigenvalue weighted by atomic mass is 9.90. The average Bonchev–Trinajstić information content (AvgIpc) is 3.19. The van der Waals surface area contributed by atoms with E-state index in [1.165, 1.54) is 15.9 Å². The summed E-state index contributed by atoms with van der Waals surface area (Å²) in [4.78, 5) is 27.6. The molecule has 0 spiro atoms. The average molecular weight is 369 g/mol. The molecule has 142 valence electrons. The third kappa shape index (κ3) is 3.56. The first-order valence-corrected chi connectivity index (χ1v) is 8.65. The van der Waals surface area contributed by atoms with E-state index < -0.39 is 17.6 Å². The second-order valence-corrected chi connectivity index (χ2v) is 7.41. The number of nitrogens with two attached hydrogens (primary N) is 1. The summed E-state index contributed by atoms with van der Waals surface area (Å²) >= 11 is 0. The van der Waals surface area contributed by atoms with Crippen LogP contribution in [0.3, 0.4) is 0 Å². The van der Waals surface area contributed by atoms with Gasteiger partial charge in [0.15, 0.2) is 0 Å². The number of alkyl halides is 3. The molecule has 0 aromatic heterocycles. The topological polar surface area (TPSA) is 66.6 Å². The Morgan fingerprint density at radius 3 is 2.54 bits per heavy atom. The molecule has 0 bridgehead atoms. The number of hydrogen-bond donors (Lipinski definition) is 1. The van der Waals surface area contributed by atoms with Gasteiger partial charge in [0.05, 0.1) is 5.56 Å². The molecule has 0 aliphatic carbocycles. The molecule has 0 radical (unpaired) electrons. The monoisotopic (exact) mass is 369 g/mol. The van der Waals surface area contributed by atoms with Crippen molar-refractivity contribution in [3.63, 3.8) is 0 Å². The van der Waals surface area contributed by atoms with Gasteiger partial charge >= 0.3 is 6.18 Å². The Hall–Kier alpha value is -2.09. The van der Waals surface area contributed by atoms with Gasteiger partial charge in [0.2, 0.25) is 5.91 Å². The van der Waals surface area contributed by atoms with Gasteiger partial charge in [0, 0.05) is 37.3 Å². The fraction of sp³-hybridized carbons (Fsp3) is 0.556. The van der Waals surface area contributed by atoms with Gasteiger partial charge in [-0.05, 0) is 43.0 Å². The minimum atomic E-state index is -4.59. The third-order valence-electron chi connectivity index (χ3n) is 5.22. The van der Waals surface area contributed by atoms with E-state index in [2.05, 4.69) is 0 Å². The van der Waals surface area contributed by atoms with Crippen LogP contribution in [0.1, 0.15) is 42.1 Å². The molecule has 1 aromatic rings.